The molecule has 2 unspecified atom stereocenters. The summed E-state index contributed by atoms with van der Waals surface area (Å²) in [5.74, 6) is -2.15. The number of carbonyl (C=O) groups excluding carboxylic acids is 1. The molecule has 0 radical (unpaired) electrons. The summed E-state index contributed by atoms with van der Waals surface area (Å²) >= 11 is 0. The van der Waals surface area contributed by atoms with Crippen molar-refractivity contribution < 1.29 is 29.6 Å². The van der Waals surface area contributed by atoms with Gasteiger partial charge in [0, 0.05) is 0 Å². The minimum absolute atomic E-state index is 0.0429. The molecular formula is C11H12O6. The predicted molar refractivity (Wildman–Crippen MR) is 56.4 cm³/mol. The van der Waals surface area contributed by atoms with Gasteiger partial charge in [-0.3, -0.25) is 0 Å². The molecule has 92 valence electrons. The predicted octanol–water partition coefficient (Wildman–Crippen LogP) is -0.0479. The highest BCUT2D eigenvalue weighted by Crippen LogP contribution is 2.19. The Hall–Kier alpha value is -1.92. The molecule has 0 aliphatic heterocycles. The topological polar surface area (TPSA) is 104 Å². The number of ether oxygens (including phenoxy) is 1. The number of hydrogen-bond acceptors (Lipinski definition) is 5. The van der Waals surface area contributed by atoms with E-state index >= 15 is 0 Å². The average molecular weight is 240 g/mol. The maximum atomic E-state index is 11.0. The van der Waals surface area contributed by atoms with Crippen molar-refractivity contribution in [2.24, 2.45) is 0 Å². The second-order valence-electron chi connectivity index (χ2n) is 3.34. The molecule has 0 fully saturated rings. The Kier molecular flexibility index (Phi) is 4.19. The van der Waals surface area contributed by atoms with Crippen LogP contribution in [0.1, 0.15) is 22.0 Å². The van der Waals surface area contributed by atoms with Gasteiger partial charge in [0.1, 0.15) is 6.10 Å². The molecule has 1 rings (SSSR count). The highest BCUT2D eigenvalue weighted by molar-refractivity contribution is 5.87. The monoisotopic (exact) mass is 240 g/mol. The Labute approximate surface area is 97.1 Å². The van der Waals surface area contributed by atoms with E-state index in [4.69, 9.17) is 5.11 Å². The van der Waals surface area contributed by atoms with E-state index < -0.39 is 24.1 Å². The van der Waals surface area contributed by atoms with Crippen LogP contribution in [0.4, 0.5) is 0 Å². The lowest BCUT2D eigenvalue weighted by Gasteiger charge is -2.16. The number of carboxylic acids is 1. The van der Waals surface area contributed by atoms with E-state index in [0.717, 1.165) is 7.11 Å². The van der Waals surface area contributed by atoms with Gasteiger partial charge >= 0.3 is 11.9 Å². The Balaban J connectivity index is 2.96. The molecule has 6 heteroatoms. The van der Waals surface area contributed by atoms with Crippen LogP contribution in [-0.2, 0) is 9.53 Å². The van der Waals surface area contributed by atoms with Gasteiger partial charge in [0.25, 0.3) is 0 Å². The molecule has 2 atom stereocenters. The number of carboxylic acid groups (broad SMARTS) is 1. The van der Waals surface area contributed by atoms with Gasteiger partial charge in [-0.15, -0.1) is 0 Å². The first kappa shape index (κ1) is 13.1. The van der Waals surface area contributed by atoms with Crippen LogP contribution in [-0.4, -0.2) is 40.5 Å². The molecule has 3 N–H and O–H groups in total. The zero-order valence-electron chi connectivity index (χ0n) is 9.03. The lowest BCUT2D eigenvalue weighted by atomic mass is 10.0. The number of rotatable bonds is 4. The van der Waals surface area contributed by atoms with Crippen LogP contribution in [0.25, 0.3) is 0 Å². The van der Waals surface area contributed by atoms with Crippen LogP contribution < -0.4 is 0 Å². The summed E-state index contributed by atoms with van der Waals surface area (Å²) in [5, 5.41) is 27.8. The van der Waals surface area contributed by atoms with Crippen LogP contribution in [0, 0.1) is 0 Å². The maximum Gasteiger partial charge on any atom is 0.337 e. The molecule has 0 saturated carbocycles. The van der Waals surface area contributed by atoms with E-state index in [0.29, 0.717) is 0 Å². The molecule has 0 bridgehead atoms. The summed E-state index contributed by atoms with van der Waals surface area (Å²) in [6.45, 7) is 0. The highest BCUT2D eigenvalue weighted by atomic mass is 16.5. The third kappa shape index (κ3) is 3.02. The lowest BCUT2D eigenvalue weighted by Crippen LogP contribution is -2.29. The Morgan fingerprint density at radius 3 is 2.47 bits per heavy atom. The molecule has 0 aliphatic carbocycles. The largest absolute Gasteiger partial charge is 0.478 e. The van der Waals surface area contributed by atoms with Gasteiger partial charge in [0.05, 0.1) is 12.7 Å². The number of carbonyl (C=O) groups is 2. The number of methoxy groups -OCH3 is 1. The summed E-state index contributed by atoms with van der Waals surface area (Å²) in [5.41, 5.74) is 0.0846. The van der Waals surface area contributed by atoms with Crippen molar-refractivity contribution in [3.63, 3.8) is 0 Å². The van der Waals surface area contributed by atoms with Crippen LogP contribution in [0.2, 0.25) is 0 Å². The molecule has 6 nitrogen and oxygen atoms in total. The number of benzene rings is 1. The van der Waals surface area contributed by atoms with Crippen molar-refractivity contribution in [3.05, 3.63) is 35.4 Å². The summed E-state index contributed by atoms with van der Waals surface area (Å²) in [6, 6.07) is 5.33. The average Bonchev–Trinajstić information content (AvgIpc) is 2.36. The van der Waals surface area contributed by atoms with E-state index in [-0.39, 0.29) is 11.1 Å². The summed E-state index contributed by atoms with van der Waals surface area (Å²) in [4.78, 5) is 21.7. The first-order chi connectivity index (χ1) is 7.97. The Bertz CT molecular complexity index is 428. The Morgan fingerprint density at radius 1 is 1.29 bits per heavy atom. The van der Waals surface area contributed by atoms with Crippen LogP contribution in [0.15, 0.2) is 24.3 Å². The van der Waals surface area contributed by atoms with Gasteiger partial charge in [-0.2, -0.15) is 0 Å². The molecule has 0 amide bonds. The third-order valence-electron chi connectivity index (χ3n) is 2.22. The first-order valence-electron chi connectivity index (χ1n) is 4.74. The second-order valence-corrected chi connectivity index (χ2v) is 3.34. The van der Waals surface area contributed by atoms with Crippen molar-refractivity contribution >= 4 is 11.9 Å². The fraction of sp³-hybridized carbons (Fsp3) is 0.273. The number of esters is 1. The minimum atomic E-state index is -1.75. The smallest absolute Gasteiger partial charge is 0.337 e. The highest BCUT2D eigenvalue weighted by Gasteiger charge is 2.26. The van der Waals surface area contributed by atoms with Gasteiger partial charge in [-0.25, -0.2) is 9.59 Å². The quantitative estimate of drug-likeness (QED) is 0.637. The van der Waals surface area contributed by atoms with Crippen LogP contribution in [0.5, 0.6) is 0 Å². The van der Waals surface area contributed by atoms with Crippen molar-refractivity contribution in [3.8, 4) is 0 Å². The number of hydrogen-bond donors (Lipinski definition) is 3. The van der Waals surface area contributed by atoms with E-state index in [1.807, 2.05) is 0 Å². The fourth-order valence-corrected chi connectivity index (χ4v) is 1.29. The molecule has 1 aromatic carbocycles. The number of aromatic carboxylic acids is 1. The van der Waals surface area contributed by atoms with Crippen molar-refractivity contribution in [1.82, 2.24) is 0 Å². The van der Waals surface area contributed by atoms with Gasteiger partial charge in [0.15, 0.2) is 6.10 Å². The molecule has 1 aromatic rings. The number of aliphatic hydroxyl groups excluding tert-OH is 2. The molecule has 0 aromatic heterocycles. The van der Waals surface area contributed by atoms with Gasteiger partial charge < -0.3 is 20.1 Å². The maximum absolute atomic E-state index is 11.0. The van der Waals surface area contributed by atoms with Crippen molar-refractivity contribution in [2.75, 3.05) is 7.11 Å². The minimum Gasteiger partial charge on any atom is -0.478 e. The number of aliphatic hydroxyl groups is 2. The summed E-state index contributed by atoms with van der Waals surface area (Å²) in [6.07, 6.45) is -3.27. The Morgan fingerprint density at radius 2 is 1.94 bits per heavy atom. The summed E-state index contributed by atoms with van der Waals surface area (Å²) in [7, 11) is 1.08. The molecule has 0 spiro atoms. The lowest BCUT2D eigenvalue weighted by molar-refractivity contribution is -0.156. The second kappa shape index (κ2) is 5.42. The van der Waals surface area contributed by atoms with Crippen molar-refractivity contribution in [1.29, 1.82) is 0 Å². The standard InChI is InChI=1S/C11H12O6/c1-17-11(16)9(13)8(12)6-3-2-4-7(5-6)10(14)15/h2-5,8-9,12-13H,1H3,(H,14,15). The fourth-order valence-electron chi connectivity index (χ4n) is 1.29. The van der Waals surface area contributed by atoms with Crippen LogP contribution >= 0.6 is 0 Å². The third-order valence-corrected chi connectivity index (χ3v) is 2.22. The molecular weight excluding hydrogens is 228 g/mol. The van der Waals surface area contributed by atoms with Gasteiger partial charge in [-0.1, -0.05) is 12.1 Å². The first-order valence-corrected chi connectivity index (χ1v) is 4.74. The SMILES string of the molecule is COC(=O)C(O)C(O)c1cccc(C(=O)O)c1. The van der Waals surface area contributed by atoms with Gasteiger partial charge in [-0.05, 0) is 17.7 Å². The molecule has 17 heavy (non-hydrogen) atoms. The van der Waals surface area contributed by atoms with E-state index in [2.05, 4.69) is 4.74 Å². The van der Waals surface area contributed by atoms with E-state index in [1.54, 1.807) is 0 Å². The van der Waals surface area contributed by atoms with Crippen LogP contribution in [0.3, 0.4) is 0 Å². The van der Waals surface area contributed by atoms with Crippen molar-refractivity contribution in [2.45, 2.75) is 12.2 Å². The van der Waals surface area contributed by atoms with E-state index in [1.165, 1.54) is 24.3 Å². The zero-order valence-corrected chi connectivity index (χ0v) is 9.03. The normalized spacial score (nSPS) is 13.8. The zero-order chi connectivity index (χ0) is 13.0. The molecule has 0 aliphatic rings. The van der Waals surface area contributed by atoms with Gasteiger partial charge in [0.2, 0.25) is 0 Å². The molecule has 0 heterocycles. The molecule has 0 saturated heterocycles. The summed E-state index contributed by atoms with van der Waals surface area (Å²) < 4.78 is 4.27. The van der Waals surface area contributed by atoms with E-state index in [9.17, 15) is 19.8 Å².